The Morgan fingerprint density at radius 2 is 2.11 bits per heavy atom. The molecule has 0 aromatic heterocycles. The predicted octanol–water partition coefficient (Wildman–Crippen LogP) is 2.53. The van der Waals surface area contributed by atoms with Crippen LogP contribution in [0.5, 0.6) is 0 Å². The van der Waals surface area contributed by atoms with Crippen LogP contribution in [0, 0.1) is 11.8 Å². The van der Waals surface area contributed by atoms with E-state index in [4.69, 9.17) is 0 Å². The Kier molecular flexibility index (Phi) is 3.55. The van der Waals surface area contributed by atoms with Gasteiger partial charge in [0.1, 0.15) is 0 Å². The van der Waals surface area contributed by atoms with Crippen LogP contribution < -0.4 is 0 Å². The van der Waals surface area contributed by atoms with Crippen LogP contribution in [0.25, 0.3) is 0 Å². The third-order valence-electron chi connectivity index (χ3n) is 1.01. The lowest BCUT2D eigenvalue weighted by Crippen LogP contribution is -1.76. The number of allylic oxidation sites excluding steroid dienone is 3. The molecular weight excluding hydrogens is 108 g/mol. The third kappa shape index (κ3) is 2.77. The Labute approximate surface area is 57.3 Å². The molecule has 0 N–H and O–H groups in total. The van der Waals surface area contributed by atoms with E-state index in [0.29, 0.717) is 0 Å². The quantitative estimate of drug-likeness (QED) is 0.368. The second kappa shape index (κ2) is 3.97. The summed E-state index contributed by atoms with van der Waals surface area (Å²) < 4.78 is 0. The third-order valence-corrected chi connectivity index (χ3v) is 1.01. The standard InChI is InChI=1S/C9H12/c1-5-7-9(6-2)8(3)4/h6H,3H2,1-2,4H3/b9-6-. The molecule has 48 valence electrons. The molecule has 0 nitrogen and oxygen atoms in total. The first kappa shape index (κ1) is 8.04. The maximum atomic E-state index is 3.77. The first-order valence-corrected chi connectivity index (χ1v) is 2.97. The summed E-state index contributed by atoms with van der Waals surface area (Å²) in [6, 6.07) is 0. The van der Waals surface area contributed by atoms with Gasteiger partial charge in [0, 0.05) is 5.57 Å². The lowest BCUT2D eigenvalue weighted by molar-refractivity contribution is 1.45. The fourth-order valence-corrected chi connectivity index (χ4v) is 0.560. The van der Waals surface area contributed by atoms with Crippen LogP contribution in [0.3, 0.4) is 0 Å². The largest absolute Gasteiger partial charge is 0.101 e. The van der Waals surface area contributed by atoms with Gasteiger partial charge in [-0.25, -0.2) is 0 Å². The van der Waals surface area contributed by atoms with Crippen molar-refractivity contribution >= 4 is 0 Å². The van der Waals surface area contributed by atoms with E-state index < -0.39 is 0 Å². The van der Waals surface area contributed by atoms with E-state index in [2.05, 4.69) is 18.4 Å². The molecule has 0 bridgehead atoms. The molecule has 9 heavy (non-hydrogen) atoms. The highest BCUT2D eigenvalue weighted by atomic mass is 13.9. The Morgan fingerprint density at radius 1 is 1.56 bits per heavy atom. The highest BCUT2D eigenvalue weighted by Crippen LogP contribution is 2.03. The molecular formula is C9H12. The second-order valence-corrected chi connectivity index (χ2v) is 1.86. The highest BCUT2D eigenvalue weighted by molar-refractivity contribution is 5.42. The van der Waals surface area contributed by atoms with Gasteiger partial charge in [-0.2, -0.15) is 0 Å². The van der Waals surface area contributed by atoms with E-state index in [-0.39, 0.29) is 0 Å². The van der Waals surface area contributed by atoms with Gasteiger partial charge in [0.15, 0.2) is 0 Å². The Hall–Kier alpha value is -0.960. The van der Waals surface area contributed by atoms with Crippen LogP contribution in [0.1, 0.15) is 20.8 Å². The van der Waals surface area contributed by atoms with Gasteiger partial charge in [-0.15, -0.1) is 5.92 Å². The van der Waals surface area contributed by atoms with Crippen molar-refractivity contribution in [2.45, 2.75) is 20.8 Å². The van der Waals surface area contributed by atoms with Gasteiger partial charge in [-0.05, 0) is 26.3 Å². The zero-order chi connectivity index (χ0) is 7.28. The summed E-state index contributed by atoms with van der Waals surface area (Å²) in [7, 11) is 0. The molecule has 0 heterocycles. The molecule has 0 atom stereocenters. The molecule has 0 saturated carbocycles. The van der Waals surface area contributed by atoms with Crippen LogP contribution >= 0.6 is 0 Å². The SMILES string of the molecule is C=C(C)/C(C#CC)=C\C. The van der Waals surface area contributed by atoms with Gasteiger partial charge in [-0.1, -0.05) is 18.6 Å². The zero-order valence-electron chi connectivity index (χ0n) is 6.28. The van der Waals surface area contributed by atoms with Crippen LogP contribution in [-0.2, 0) is 0 Å². The van der Waals surface area contributed by atoms with E-state index in [1.165, 1.54) is 0 Å². The minimum absolute atomic E-state index is 1.03. The molecule has 0 radical (unpaired) electrons. The summed E-state index contributed by atoms with van der Waals surface area (Å²) in [4.78, 5) is 0. The van der Waals surface area contributed by atoms with Crippen LogP contribution in [0.15, 0.2) is 23.8 Å². The molecule has 0 aliphatic rings. The molecule has 0 unspecified atom stereocenters. The van der Waals surface area contributed by atoms with E-state index in [9.17, 15) is 0 Å². The highest BCUT2D eigenvalue weighted by Gasteiger charge is 1.86. The van der Waals surface area contributed by atoms with E-state index in [1.807, 2.05) is 26.8 Å². The van der Waals surface area contributed by atoms with Crippen molar-refractivity contribution in [1.29, 1.82) is 0 Å². The van der Waals surface area contributed by atoms with E-state index in [0.717, 1.165) is 11.1 Å². The van der Waals surface area contributed by atoms with Gasteiger partial charge in [0.05, 0.1) is 0 Å². The van der Waals surface area contributed by atoms with Crippen molar-refractivity contribution in [2.24, 2.45) is 0 Å². The number of hydrogen-bond acceptors (Lipinski definition) is 0. The number of rotatable bonds is 1. The predicted molar refractivity (Wildman–Crippen MR) is 42.0 cm³/mol. The lowest BCUT2D eigenvalue weighted by atomic mass is 10.1. The van der Waals surface area contributed by atoms with Crippen LogP contribution in [-0.4, -0.2) is 0 Å². The van der Waals surface area contributed by atoms with Crippen molar-refractivity contribution in [1.82, 2.24) is 0 Å². The summed E-state index contributed by atoms with van der Waals surface area (Å²) in [5.74, 6) is 5.76. The monoisotopic (exact) mass is 120 g/mol. The smallest absolute Gasteiger partial charge is 0.0225 e. The van der Waals surface area contributed by atoms with E-state index >= 15 is 0 Å². The fraction of sp³-hybridized carbons (Fsp3) is 0.333. The minimum Gasteiger partial charge on any atom is -0.101 e. The van der Waals surface area contributed by atoms with Crippen LogP contribution in [0.2, 0.25) is 0 Å². The van der Waals surface area contributed by atoms with Gasteiger partial charge >= 0.3 is 0 Å². The molecule has 0 spiro atoms. The molecule has 0 aliphatic heterocycles. The Balaban J connectivity index is 4.32. The summed E-state index contributed by atoms with van der Waals surface area (Å²) >= 11 is 0. The van der Waals surface area contributed by atoms with Crippen molar-refractivity contribution in [3.05, 3.63) is 23.8 Å². The normalized spacial score (nSPS) is 9.89. The van der Waals surface area contributed by atoms with Crippen LogP contribution in [0.4, 0.5) is 0 Å². The molecule has 0 aromatic carbocycles. The molecule has 0 aliphatic carbocycles. The van der Waals surface area contributed by atoms with Gasteiger partial charge in [0.25, 0.3) is 0 Å². The summed E-state index contributed by atoms with van der Waals surface area (Å²) in [5.41, 5.74) is 2.07. The zero-order valence-corrected chi connectivity index (χ0v) is 6.28. The molecule has 0 saturated heterocycles. The average Bonchev–Trinajstić information content (AvgIpc) is 1.82. The molecule has 0 aromatic rings. The molecule has 0 rings (SSSR count). The summed E-state index contributed by atoms with van der Waals surface area (Å²) in [6.07, 6.45) is 1.97. The fourth-order valence-electron chi connectivity index (χ4n) is 0.560. The summed E-state index contributed by atoms with van der Waals surface area (Å²) in [6.45, 7) is 9.52. The maximum absolute atomic E-state index is 3.77. The average molecular weight is 120 g/mol. The molecule has 0 amide bonds. The van der Waals surface area contributed by atoms with Gasteiger partial charge < -0.3 is 0 Å². The van der Waals surface area contributed by atoms with E-state index in [1.54, 1.807) is 0 Å². The maximum Gasteiger partial charge on any atom is 0.0225 e. The van der Waals surface area contributed by atoms with Gasteiger partial charge in [-0.3, -0.25) is 0 Å². The summed E-state index contributed by atoms with van der Waals surface area (Å²) in [5, 5.41) is 0. The van der Waals surface area contributed by atoms with Crippen molar-refractivity contribution in [3.8, 4) is 11.8 Å². The molecule has 0 fully saturated rings. The van der Waals surface area contributed by atoms with Crippen molar-refractivity contribution in [3.63, 3.8) is 0 Å². The molecule has 0 heteroatoms. The minimum atomic E-state index is 1.03. The Morgan fingerprint density at radius 3 is 2.22 bits per heavy atom. The van der Waals surface area contributed by atoms with Gasteiger partial charge in [0.2, 0.25) is 0 Å². The first-order valence-electron chi connectivity index (χ1n) is 2.97. The second-order valence-electron chi connectivity index (χ2n) is 1.86. The lowest BCUT2D eigenvalue weighted by Gasteiger charge is -1.92. The topological polar surface area (TPSA) is 0 Å². The number of hydrogen-bond donors (Lipinski definition) is 0. The Bertz CT molecular complexity index is 184. The van der Waals surface area contributed by atoms with Crippen molar-refractivity contribution in [2.75, 3.05) is 0 Å². The van der Waals surface area contributed by atoms with Crippen molar-refractivity contribution < 1.29 is 0 Å². The first-order chi connectivity index (χ1) is 4.22.